The fourth-order valence-corrected chi connectivity index (χ4v) is 2.38. The van der Waals surface area contributed by atoms with Crippen LogP contribution in [0.4, 0.5) is 0 Å². The molecule has 0 aliphatic carbocycles. The van der Waals surface area contributed by atoms with Crippen LogP contribution < -0.4 is 0 Å². The minimum Gasteiger partial charge on any atom is -0.370 e. The highest BCUT2D eigenvalue weighted by Crippen LogP contribution is 2.23. The summed E-state index contributed by atoms with van der Waals surface area (Å²) in [6.07, 6.45) is 1.40. The summed E-state index contributed by atoms with van der Waals surface area (Å²) in [5.41, 5.74) is 1.62. The quantitative estimate of drug-likeness (QED) is 0.841. The summed E-state index contributed by atoms with van der Waals surface area (Å²) in [5.74, 6) is 0.505. The Hall–Kier alpha value is -2.14. The number of morpholine rings is 1. The summed E-state index contributed by atoms with van der Waals surface area (Å²) in [7, 11) is 0. The number of nitrogens with zero attached hydrogens (tertiary/aromatic N) is 2. The minimum atomic E-state index is -0.0749. The number of ether oxygens (including phenoxy) is 1. The Morgan fingerprint density at radius 2 is 2.15 bits per heavy atom. The first-order valence-electron chi connectivity index (χ1n) is 6.63. The van der Waals surface area contributed by atoms with E-state index in [1.165, 1.54) is 6.20 Å². The van der Waals surface area contributed by atoms with Crippen LogP contribution in [0.1, 0.15) is 27.8 Å². The van der Waals surface area contributed by atoms with E-state index in [1.54, 1.807) is 11.8 Å². The summed E-state index contributed by atoms with van der Waals surface area (Å²) < 4.78 is 10.7. The van der Waals surface area contributed by atoms with Crippen LogP contribution in [0.25, 0.3) is 0 Å². The van der Waals surface area contributed by atoms with E-state index < -0.39 is 0 Å². The Labute approximate surface area is 117 Å². The summed E-state index contributed by atoms with van der Waals surface area (Å²) in [5, 5.41) is 3.66. The van der Waals surface area contributed by atoms with Gasteiger partial charge in [0, 0.05) is 6.54 Å². The second kappa shape index (κ2) is 5.46. The first-order chi connectivity index (χ1) is 9.75. The van der Waals surface area contributed by atoms with Crippen molar-refractivity contribution in [1.29, 1.82) is 0 Å². The van der Waals surface area contributed by atoms with Crippen LogP contribution in [0.15, 0.2) is 41.1 Å². The molecule has 0 bridgehead atoms. The maximum Gasteiger partial charge on any atom is 0.259 e. The molecule has 0 unspecified atom stereocenters. The van der Waals surface area contributed by atoms with Crippen molar-refractivity contribution in [1.82, 2.24) is 10.1 Å². The molecule has 1 atom stereocenters. The fourth-order valence-electron chi connectivity index (χ4n) is 2.38. The van der Waals surface area contributed by atoms with Gasteiger partial charge in [-0.3, -0.25) is 4.79 Å². The summed E-state index contributed by atoms with van der Waals surface area (Å²) in [6, 6.07) is 9.95. The maximum atomic E-state index is 12.4. The Bertz CT molecular complexity index is 594. The van der Waals surface area contributed by atoms with Crippen molar-refractivity contribution in [3.63, 3.8) is 0 Å². The standard InChI is InChI=1S/C15H16N2O3/c1-11-13(9-16-20-11)15(18)17-7-8-19-14(10-17)12-5-3-2-4-6-12/h2-6,9,14H,7-8,10H2,1H3/t14-/m1/s1. The normalized spacial score (nSPS) is 19.1. The molecule has 0 N–H and O–H groups in total. The molecule has 0 spiro atoms. The number of aromatic nitrogens is 1. The third kappa shape index (κ3) is 2.44. The molecule has 1 amide bonds. The van der Waals surface area contributed by atoms with Crippen LogP contribution in [0, 0.1) is 6.92 Å². The molecule has 1 saturated heterocycles. The smallest absolute Gasteiger partial charge is 0.259 e. The Morgan fingerprint density at radius 1 is 1.35 bits per heavy atom. The third-order valence-electron chi connectivity index (χ3n) is 3.51. The van der Waals surface area contributed by atoms with Gasteiger partial charge in [0.05, 0.1) is 19.3 Å². The van der Waals surface area contributed by atoms with Crippen LogP contribution in [0.5, 0.6) is 0 Å². The van der Waals surface area contributed by atoms with Crippen LogP contribution in [-0.4, -0.2) is 35.7 Å². The number of carbonyl (C=O) groups is 1. The highest BCUT2D eigenvalue weighted by molar-refractivity contribution is 5.94. The molecule has 2 aromatic rings. The molecule has 1 fully saturated rings. The van der Waals surface area contributed by atoms with Gasteiger partial charge in [0.15, 0.2) is 0 Å². The van der Waals surface area contributed by atoms with Gasteiger partial charge in [-0.25, -0.2) is 0 Å². The van der Waals surface area contributed by atoms with Crippen molar-refractivity contribution in [2.75, 3.05) is 19.7 Å². The molecular weight excluding hydrogens is 256 g/mol. The van der Waals surface area contributed by atoms with Gasteiger partial charge in [-0.2, -0.15) is 0 Å². The predicted octanol–water partition coefficient (Wildman–Crippen LogP) is 2.20. The van der Waals surface area contributed by atoms with Gasteiger partial charge >= 0.3 is 0 Å². The number of aryl methyl sites for hydroxylation is 1. The van der Waals surface area contributed by atoms with Crippen molar-refractivity contribution < 1.29 is 14.1 Å². The van der Waals surface area contributed by atoms with E-state index in [2.05, 4.69) is 5.16 Å². The van der Waals surface area contributed by atoms with E-state index in [-0.39, 0.29) is 12.0 Å². The highest BCUT2D eigenvalue weighted by atomic mass is 16.5. The molecule has 0 saturated carbocycles. The zero-order valence-electron chi connectivity index (χ0n) is 11.3. The molecule has 0 radical (unpaired) electrons. The molecular formula is C15H16N2O3. The molecule has 20 heavy (non-hydrogen) atoms. The molecule has 1 aromatic heterocycles. The maximum absolute atomic E-state index is 12.4. The summed E-state index contributed by atoms with van der Waals surface area (Å²) in [4.78, 5) is 14.2. The summed E-state index contributed by atoms with van der Waals surface area (Å²) >= 11 is 0. The largest absolute Gasteiger partial charge is 0.370 e. The van der Waals surface area contributed by atoms with E-state index >= 15 is 0 Å². The lowest BCUT2D eigenvalue weighted by Gasteiger charge is -2.33. The third-order valence-corrected chi connectivity index (χ3v) is 3.51. The highest BCUT2D eigenvalue weighted by Gasteiger charge is 2.27. The first kappa shape index (κ1) is 12.9. The van der Waals surface area contributed by atoms with Gasteiger partial charge in [0.2, 0.25) is 0 Å². The molecule has 1 aliphatic heterocycles. The van der Waals surface area contributed by atoms with Gasteiger partial charge in [-0.05, 0) is 12.5 Å². The van der Waals surface area contributed by atoms with Crippen LogP contribution in [0.3, 0.4) is 0 Å². The second-order valence-corrected chi connectivity index (χ2v) is 4.82. The van der Waals surface area contributed by atoms with Crippen LogP contribution in [0.2, 0.25) is 0 Å². The molecule has 5 heteroatoms. The SMILES string of the molecule is Cc1oncc1C(=O)N1CCO[C@@H](c2ccccc2)C1. The zero-order valence-corrected chi connectivity index (χ0v) is 11.3. The Kier molecular flexibility index (Phi) is 3.52. The first-order valence-corrected chi connectivity index (χ1v) is 6.63. The number of hydrogen-bond donors (Lipinski definition) is 0. The number of amides is 1. The van der Waals surface area contributed by atoms with Gasteiger partial charge in [0.1, 0.15) is 17.4 Å². The number of carbonyl (C=O) groups excluding carboxylic acids is 1. The molecule has 1 aliphatic rings. The van der Waals surface area contributed by atoms with Gasteiger partial charge < -0.3 is 14.2 Å². The summed E-state index contributed by atoms with van der Waals surface area (Å²) in [6.45, 7) is 3.42. The lowest BCUT2D eigenvalue weighted by Crippen LogP contribution is -2.42. The average Bonchev–Trinajstić information content (AvgIpc) is 2.94. The fraction of sp³-hybridized carbons (Fsp3) is 0.333. The van der Waals surface area contributed by atoms with E-state index in [9.17, 15) is 4.79 Å². The molecule has 3 rings (SSSR count). The van der Waals surface area contributed by atoms with Crippen molar-refractivity contribution in [2.45, 2.75) is 13.0 Å². The Morgan fingerprint density at radius 3 is 2.85 bits per heavy atom. The second-order valence-electron chi connectivity index (χ2n) is 4.82. The monoisotopic (exact) mass is 272 g/mol. The number of rotatable bonds is 2. The van der Waals surface area contributed by atoms with Crippen molar-refractivity contribution in [3.05, 3.63) is 53.4 Å². The predicted molar refractivity (Wildman–Crippen MR) is 72.3 cm³/mol. The number of hydrogen-bond acceptors (Lipinski definition) is 4. The van der Waals surface area contributed by atoms with E-state index in [1.807, 2.05) is 30.3 Å². The lowest BCUT2D eigenvalue weighted by atomic mass is 10.1. The zero-order chi connectivity index (χ0) is 13.9. The van der Waals surface area contributed by atoms with Crippen LogP contribution in [-0.2, 0) is 4.74 Å². The van der Waals surface area contributed by atoms with Crippen molar-refractivity contribution >= 4 is 5.91 Å². The van der Waals surface area contributed by atoms with Gasteiger partial charge in [-0.15, -0.1) is 0 Å². The van der Waals surface area contributed by atoms with Crippen LogP contribution >= 0.6 is 0 Å². The lowest BCUT2D eigenvalue weighted by molar-refractivity contribution is -0.0228. The minimum absolute atomic E-state index is 0.0482. The average molecular weight is 272 g/mol. The molecule has 2 heterocycles. The Balaban J connectivity index is 1.76. The number of benzene rings is 1. The van der Waals surface area contributed by atoms with Crippen molar-refractivity contribution in [2.24, 2.45) is 0 Å². The topological polar surface area (TPSA) is 55.6 Å². The molecule has 5 nitrogen and oxygen atoms in total. The van der Waals surface area contributed by atoms with E-state index in [0.717, 1.165) is 5.56 Å². The van der Waals surface area contributed by atoms with Gasteiger partial charge in [-0.1, -0.05) is 35.5 Å². The molecule has 1 aromatic carbocycles. The van der Waals surface area contributed by atoms with E-state index in [0.29, 0.717) is 31.0 Å². The molecule has 104 valence electrons. The van der Waals surface area contributed by atoms with E-state index in [4.69, 9.17) is 9.26 Å². The van der Waals surface area contributed by atoms with Gasteiger partial charge in [0.25, 0.3) is 5.91 Å². The van der Waals surface area contributed by atoms with Crippen molar-refractivity contribution in [3.8, 4) is 0 Å².